The van der Waals surface area contributed by atoms with Crippen LogP contribution >= 0.6 is 0 Å². The Balaban J connectivity index is 1.82. The van der Waals surface area contributed by atoms with E-state index in [9.17, 15) is 13.2 Å². The Morgan fingerprint density at radius 2 is 1.90 bits per heavy atom. The molecule has 2 unspecified atom stereocenters. The van der Waals surface area contributed by atoms with Crippen LogP contribution in [-0.4, -0.2) is 50.2 Å². The summed E-state index contributed by atoms with van der Waals surface area (Å²) < 4.78 is 25.8. The number of piperidine rings is 1. The summed E-state index contributed by atoms with van der Waals surface area (Å²) in [4.78, 5) is 14.4. The highest BCUT2D eigenvalue weighted by Gasteiger charge is 2.31. The van der Waals surface area contributed by atoms with Gasteiger partial charge < -0.3 is 10.6 Å². The summed E-state index contributed by atoms with van der Waals surface area (Å²) in [6, 6.07) is 0.120. The first-order valence-electron chi connectivity index (χ1n) is 7.95. The number of hydrogen-bond donors (Lipinski definition) is 2. The van der Waals surface area contributed by atoms with E-state index in [1.165, 1.54) is 0 Å². The molecule has 2 fully saturated rings. The number of hydrogen-bond acceptors (Lipinski definition) is 4. The molecule has 1 saturated heterocycles. The van der Waals surface area contributed by atoms with Gasteiger partial charge in [0.1, 0.15) is 0 Å². The molecule has 7 heteroatoms. The maximum atomic E-state index is 12.5. The Hall–Kier alpha value is -0.660. The smallest absolute Gasteiger partial charge is 0.225 e. The van der Waals surface area contributed by atoms with Crippen LogP contribution in [0.2, 0.25) is 0 Å². The molecule has 0 aromatic carbocycles. The maximum absolute atomic E-state index is 12.5. The summed E-state index contributed by atoms with van der Waals surface area (Å²) in [6.07, 6.45) is 5.18. The molecule has 0 bridgehead atoms. The minimum absolute atomic E-state index is 0.0346. The van der Waals surface area contributed by atoms with Crippen molar-refractivity contribution in [2.45, 2.75) is 57.5 Å². The van der Waals surface area contributed by atoms with E-state index in [0.717, 1.165) is 25.7 Å². The van der Waals surface area contributed by atoms with E-state index in [0.29, 0.717) is 25.9 Å². The van der Waals surface area contributed by atoms with Crippen molar-refractivity contribution in [1.82, 2.24) is 9.62 Å². The summed E-state index contributed by atoms with van der Waals surface area (Å²) in [5.74, 6) is 0.381. The van der Waals surface area contributed by atoms with Gasteiger partial charge in [-0.2, -0.15) is 0 Å². The number of nitrogens with one attached hydrogen (secondary N) is 1. The van der Waals surface area contributed by atoms with Gasteiger partial charge in [0.15, 0.2) is 0 Å². The molecule has 2 aliphatic rings. The SMILES string of the molecule is CCS(=O)(=O)NC1CCN(C(=O)C2CCCC(N)C2)CC1. The van der Waals surface area contributed by atoms with Crippen LogP contribution in [0.25, 0.3) is 0 Å². The third-order valence-electron chi connectivity index (χ3n) is 4.60. The fourth-order valence-corrected chi connectivity index (χ4v) is 4.18. The predicted octanol–water partition coefficient (Wildman–Crippen LogP) is 0.434. The van der Waals surface area contributed by atoms with Crippen molar-refractivity contribution >= 4 is 15.9 Å². The Kier molecular flexibility index (Phi) is 5.62. The second-order valence-corrected chi connectivity index (χ2v) is 8.29. The van der Waals surface area contributed by atoms with Gasteiger partial charge >= 0.3 is 0 Å². The minimum atomic E-state index is -3.15. The number of carbonyl (C=O) groups is 1. The van der Waals surface area contributed by atoms with E-state index in [4.69, 9.17) is 5.73 Å². The van der Waals surface area contributed by atoms with Crippen LogP contribution < -0.4 is 10.5 Å². The Morgan fingerprint density at radius 1 is 1.24 bits per heavy atom. The van der Waals surface area contributed by atoms with Gasteiger partial charge in [0.05, 0.1) is 5.75 Å². The molecule has 0 radical (unpaired) electrons. The Bertz CT molecular complexity index is 458. The third kappa shape index (κ3) is 4.66. The number of carbonyl (C=O) groups excluding carboxylic acids is 1. The summed E-state index contributed by atoms with van der Waals surface area (Å²) in [6.45, 7) is 2.91. The predicted molar refractivity (Wildman–Crippen MR) is 82.1 cm³/mol. The van der Waals surface area contributed by atoms with Crippen molar-refractivity contribution in [3.05, 3.63) is 0 Å². The van der Waals surface area contributed by atoms with Crippen molar-refractivity contribution in [3.8, 4) is 0 Å². The monoisotopic (exact) mass is 317 g/mol. The second kappa shape index (κ2) is 7.07. The molecule has 122 valence electrons. The quantitative estimate of drug-likeness (QED) is 0.786. The number of likely N-dealkylation sites (tertiary alicyclic amines) is 1. The molecule has 0 aromatic rings. The first-order chi connectivity index (χ1) is 9.91. The van der Waals surface area contributed by atoms with Gasteiger partial charge in [0, 0.05) is 31.1 Å². The van der Waals surface area contributed by atoms with Crippen LogP contribution in [0.3, 0.4) is 0 Å². The molecule has 2 atom stereocenters. The molecule has 1 amide bonds. The normalized spacial score (nSPS) is 28.6. The van der Waals surface area contributed by atoms with Gasteiger partial charge in [0.25, 0.3) is 0 Å². The van der Waals surface area contributed by atoms with Crippen LogP contribution in [0, 0.1) is 5.92 Å². The topological polar surface area (TPSA) is 92.5 Å². The maximum Gasteiger partial charge on any atom is 0.225 e. The standard InChI is InChI=1S/C14H27N3O3S/c1-2-21(19,20)16-13-6-8-17(9-7-13)14(18)11-4-3-5-12(15)10-11/h11-13,16H,2-10,15H2,1H3. The van der Waals surface area contributed by atoms with Crippen molar-refractivity contribution in [2.75, 3.05) is 18.8 Å². The highest BCUT2D eigenvalue weighted by Crippen LogP contribution is 2.26. The molecule has 0 aromatic heterocycles. The lowest BCUT2D eigenvalue weighted by Crippen LogP contribution is -2.49. The van der Waals surface area contributed by atoms with E-state index in [1.54, 1.807) is 6.92 Å². The van der Waals surface area contributed by atoms with Crippen molar-refractivity contribution < 1.29 is 13.2 Å². The van der Waals surface area contributed by atoms with Crippen molar-refractivity contribution in [3.63, 3.8) is 0 Å². The van der Waals surface area contributed by atoms with Crippen molar-refractivity contribution in [2.24, 2.45) is 11.7 Å². The lowest BCUT2D eigenvalue weighted by atomic mass is 9.85. The van der Waals surface area contributed by atoms with Gasteiger partial charge in [-0.15, -0.1) is 0 Å². The Labute approximate surface area is 127 Å². The highest BCUT2D eigenvalue weighted by atomic mass is 32.2. The second-order valence-electron chi connectivity index (χ2n) is 6.24. The summed E-state index contributed by atoms with van der Waals surface area (Å²) in [5, 5.41) is 0. The van der Waals surface area contributed by atoms with Crippen LogP contribution in [0.15, 0.2) is 0 Å². The highest BCUT2D eigenvalue weighted by molar-refractivity contribution is 7.89. The fraction of sp³-hybridized carbons (Fsp3) is 0.929. The average Bonchev–Trinajstić information content (AvgIpc) is 2.47. The molecule has 3 N–H and O–H groups in total. The lowest BCUT2D eigenvalue weighted by Gasteiger charge is -2.36. The lowest BCUT2D eigenvalue weighted by molar-refractivity contribution is -0.137. The number of amides is 1. The van der Waals surface area contributed by atoms with E-state index < -0.39 is 10.0 Å². The van der Waals surface area contributed by atoms with Gasteiger partial charge in [-0.1, -0.05) is 6.42 Å². The first-order valence-corrected chi connectivity index (χ1v) is 9.61. The summed E-state index contributed by atoms with van der Waals surface area (Å²) >= 11 is 0. The van der Waals surface area contributed by atoms with Crippen LogP contribution in [0.5, 0.6) is 0 Å². The molecule has 6 nitrogen and oxygen atoms in total. The molecule has 1 heterocycles. The zero-order valence-electron chi connectivity index (χ0n) is 12.8. The average molecular weight is 317 g/mol. The number of sulfonamides is 1. The molecule has 2 rings (SSSR count). The van der Waals surface area contributed by atoms with E-state index >= 15 is 0 Å². The van der Waals surface area contributed by atoms with E-state index in [2.05, 4.69) is 4.72 Å². The van der Waals surface area contributed by atoms with Crippen LogP contribution in [0.1, 0.15) is 45.4 Å². The molecular formula is C14H27N3O3S. The Morgan fingerprint density at radius 3 is 2.48 bits per heavy atom. The first kappa shape index (κ1) is 16.7. The summed E-state index contributed by atoms with van der Waals surface area (Å²) in [5.41, 5.74) is 5.95. The van der Waals surface area contributed by atoms with Crippen molar-refractivity contribution in [1.29, 1.82) is 0 Å². The van der Waals surface area contributed by atoms with E-state index in [1.807, 2.05) is 4.90 Å². The van der Waals surface area contributed by atoms with Crippen LogP contribution in [-0.2, 0) is 14.8 Å². The summed E-state index contributed by atoms with van der Waals surface area (Å²) in [7, 11) is -3.15. The van der Waals surface area contributed by atoms with Gasteiger partial charge in [-0.3, -0.25) is 4.79 Å². The molecule has 1 aliphatic heterocycles. The molecule has 0 spiro atoms. The number of nitrogens with two attached hydrogens (primary N) is 1. The van der Waals surface area contributed by atoms with Gasteiger partial charge in [-0.05, 0) is 39.0 Å². The van der Waals surface area contributed by atoms with E-state index in [-0.39, 0.29) is 29.7 Å². The zero-order chi connectivity index (χ0) is 15.5. The van der Waals surface area contributed by atoms with Gasteiger partial charge in [0.2, 0.25) is 15.9 Å². The largest absolute Gasteiger partial charge is 0.342 e. The molecule has 1 aliphatic carbocycles. The zero-order valence-corrected chi connectivity index (χ0v) is 13.6. The molecule has 21 heavy (non-hydrogen) atoms. The third-order valence-corrected chi connectivity index (χ3v) is 6.05. The van der Waals surface area contributed by atoms with Gasteiger partial charge in [-0.25, -0.2) is 13.1 Å². The van der Waals surface area contributed by atoms with Crippen LogP contribution in [0.4, 0.5) is 0 Å². The molecular weight excluding hydrogens is 290 g/mol. The fourth-order valence-electron chi connectivity index (χ4n) is 3.27. The molecule has 1 saturated carbocycles. The number of rotatable bonds is 4. The minimum Gasteiger partial charge on any atom is -0.342 e. The number of nitrogens with zero attached hydrogens (tertiary/aromatic N) is 1.